The summed E-state index contributed by atoms with van der Waals surface area (Å²) < 4.78 is 16.3. The Labute approximate surface area is 169 Å². The van der Waals surface area contributed by atoms with E-state index >= 15 is 0 Å². The van der Waals surface area contributed by atoms with E-state index in [0.717, 1.165) is 6.42 Å². The molecule has 0 fully saturated rings. The molecular weight excluding hydrogens is 374 g/mol. The van der Waals surface area contributed by atoms with Crippen LogP contribution < -0.4 is 25.0 Å². The first kappa shape index (κ1) is 21.7. The summed E-state index contributed by atoms with van der Waals surface area (Å²) in [6.45, 7) is 4.98. The first-order valence-electron chi connectivity index (χ1n) is 9.25. The van der Waals surface area contributed by atoms with Crippen molar-refractivity contribution in [3.63, 3.8) is 0 Å². The minimum atomic E-state index is -0.892. The lowest BCUT2D eigenvalue weighted by Gasteiger charge is -2.11. The number of amides is 2. The molecule has 8 heteroatoms. The van der Waals surface area contributed by atoms with E-state index in [1.165, 1.54) is 13.3 Å². The van der Waals surface area contributed by atoms with Crippen molar-refractivity contribution in [2.75, 3.05) is 25.6 Å². The largest absolute Gasteiger partial charge is 0.497 e. The van der Waals surface area contributed by atoms with E-state index < -0.39 is 11.8 Å². The Morgan fingerprint density at radius 1 is 1.03 bits per heavy atom. The molecule has 0 aliphatic rings. The molecule has 8 nitrogen and oxygen atoms in total. The lowest BCUT2D eigenvalue weighted by atomic mass is 10.2. The zero-order valence-electron chi connectivity index (χ0n) is 16.7. The van der Waals surface area contributed by atoms with E-state index in [2.05, 4.69) is 15.8 Å². The Morgan fingerprint density at radius 3 is 2.59 bits per heavy atom. The fraction of sp³-hybridized carbons (Fsp3) is 0.286. The highest BCUT2D eigenvalue weighted by Crippen LogP contribution is 2.28. The molecule has 0 atom stereocenters. The van der Waals surface area contributed by atoms with Gasteiger partial charge in [-0.15, -0.1) is 0 Å². The first-order chi connectivity index (χ1) is 14.1. The summed E-state index contributed by atoms with van der Waals surface area (Å²) in [6.07, 6.45) is 2.31. The van der Waals surface area contributed by atoms with Gasteiger partial charge in [0.2, 0.25) is 0 Å². The van der Waals surface area contributed by atoms with E-state index in [4.69, 9.17) is 14.2 Å². The summed E-state index contributed by atoms with van der Waals surface area (Å²) >= 11 is 0. The van der Waals surface area contributed by atoms with Crippen LogP contribution in [0.3, 0.4) is 0 Å². The van der Waals surface area contributed by atoms with Crippen LogP contribution in [-0.4, -0.2) is 38.4 Å². The van der Waals surface area contributed by atoms with Crippen LogP contribution in [0.15, 0.2) is 47.6 Å². The van der Waals surface area contributed by atoms with Gasteiger partial charge in [0.05, 0.1) is 26.5 Å². The number of ether oxygens (including phenoxy) is 3. The van der Waals surface area contributed by atoms with Gasteiger partial charge in [0.25, 0.3) is 0 Å². The average Bonchev–Trinajstić information content (AvgIpc) is 2.73. The van der Waals surface area contributed by atoms with Crippen molar-refractivity contribution in [1.82, 2.24) is 5.43 Å². The van der Waals surface area contributed by atoms with Gasteiger partial charge >= 0.3 is 11.8 Å². The van der Waals surface area contributed by atoms with Crippen LogP contribution >= 0.6 is 0 Å². The summed E-state index contributed by atoms with van der Waals surface area (Å²) in [5.41, 5.74) is 3.32. The van der Waals surface area contributed by atoms with Crippen molar-refractivity contribution in [2.24, 2.45) is 5.10 Å². The zero-order chi connectivity index (χ0) is 21.1. The molecule has 0 radical (unpaired) electrons. The van der Waals surface area contributed by atoms with Crippen LogP contribution in [0.2, 0.25) is 0 Å². The normalized spacial score (nSPS) is 10.4. The number of anilines is 1. The number of carbonyl (C=O) groups is 2. The Hall–Kier alpha value is -3.55. The van der Waals surface area contributed by atoms with Gasteiger partial charge in [-0.3, -0.25) is 9.59 Å². The predicted octanol–water partition coefficient (Wildman–Crippen LogP) is 2.97. The second-order valence-corrected chi connectivity index (χ2v) is 5.87. The molecule has 0 saturated heterocycles. The molecule has 29 heavy (non-hydrogen) atoms. The molecule has 0 spiro atoms. The molecule has 2 aromatic rings. The van der Waals surface area contributed by atoms with Gasteiger partial charge < -0.3 is 19.5 Å². The highest BCUT2D eigenvalue weighted by molar-refractivity contribution is 6.39. The standard InChI is InChI=1S/C21H25N3O5/c1-4-11-29-18-10-9-15(12-19(18)28-5-2)14-22-24-21(26)20(25)23-16-7-6-8-17(13-16)27-3/h6-10,12-14H,4-5,11H2,1-3H3,(H,23,25)(H,24,26)/b22-14+. The molecule has 2 aromatic carbocycles. The van der Waals surface area contributed by atoms with Crippen LogP contribution in [0.25, 0.3) is 0 Å². The second kappa shape index (κ2) is 11.3. The number of rotatable bonds is 9. The smallest absolute Gasteiger partial charge is 0.329 e. The van der Waals surface area contributed by atoms with E-state index in [-0.39, 0.29) is 0 Å². The molecule has 154 valence electrons. The highest BCUT2D eigenvalue weighted by atomic mass is 16.5. The van der Waals surface area contributed by atoms with Crippen molar-refractivity contribution < 1.29 is 23.8 Å². The Kier molecular flexibility index (Phi) is 8.50. The molecule has 0 aromatic heterocycles. The van der Waals surface area contributed by atoms with E-state index in [9.17, 15) is 9.59 Å². The number of hydrogen-bond acceptors (Lipinski definition) is 6. The number of hydrogen-bond donors (Lipinski definition) is 2. The van der Waals surface area contributed by atoms with Crippen molar-refractivity contribution in [3.8, 4) is 17.2 Å². The summed E-state index contributed by atoms with van der Waals surface area (Å²) in [5.74, 6) is 0.0722. The summed E-state index contributed by atoms with van der Waals surface area (Å²) in [6, 6.07) is 12.0. The van der Waals surface area contributed by atoms with Gasteiger partial charge in [-0.05, 0) is 49.2 Å². The molecule has 2 amide bonds. The lowest BCUT2D eigenvalue weighted by molar-refractivity contribution is -0.136. The predicted molar refractivity (Wildman–Crippen MR) is 111 cm³/mol. The number of nitrogens with zero attached hydrogens (tertiary/aromatic N) is 1. The minimum absolute atomic E-state index is 0.442. The molecule has 0 aliphatic heterocycles. The Balaban J connectivity index is 1.96. The number of benzene rings is 2. The maximum Gasteiger partial charge on any atom is 0.329 e. The first-order valence-corrected chi connectivity index (χ1v) is 9.25. The van der Waals surface area contributed by atoms with E-state index in [0.29, 0.717) is 41.7 Å². The van der Waals surface area contributed by atoms with Crippen LogP contribution in [0.1, 0.15) is 25.8 Å². The SMILES string of the molecule is CCCOc1ccc(/C=N/NC(=O)C(=O)Nc2cccc(OC)c2)cc1OCC. The van der Waals surface area contributed by atoms with E-state index in [1.54, 1.807) is 42.5 Å². The third kappa shape index (κ3) is 6.84. The molecule has 0 aliphatic carbocycles. The summed E-state index contributed by atoms with van der Waals surface area (Å²) in [7, 11) is 1.52. The maximum absolute atomic E-state index is 12.0. The van der Waals surface area contributed by atoms with Crippen molar-refractivity contribution in [2.45, 2.75) is 20.3 Å². The van der Waals surface area contributed by atoms with E-state index in [1.807, 2.05) is 13.8 Å². The summed E-state index contributed by atoms with van der Waals surface area (Å²) in [5, 5.41) is 6.30. The molecule has 2 rings (SSSR count). The topological polar surface area (TPSA) is 98.2 Å². The molecule has 2 N–H and O–H groups in total. The summed E-state index contributed by atoms with van der Waals surface area (Å²) in [4.78, 5) is 23.9. The van der Waals surface area contributed by atoms with Gasteiger partial charge in [-0.2, -0.15) is 5.10 Å². The number of nitrogens with one attached hydrogen (secondary N) is 2. The van der Waals surface area contributed by atoms with Crippen LogP contribution in [0.5, 0.6) is 17.2 Å². The minimum Gasteiger partial charge on any atom is -0.497 e. The monoisotopic (exact) mass is 399 g/mol. The van der Waals surface area contributed by atoms with Gasteiger partial charge in [0.15, 0.2) is 11.5 Å². The second-order valence-electron chi connectivity index (χ2n) is 5.87. The third-order valence-corrected chi connectivity index (χ3v) is 3.64. The fourth-order valence-electron chi connectivity index (χ4n) is 2.31. The third-order valence-electron chi connectivity index (χ3n) is 3.64. The zero-order valence-corrected chi connectivity index (χ0v) is 16.7. The van der Waals surface area contributed by atoms with Crippen molar-refractivity contribution in [1.29, 1.82) is 0 Å². The van der Waals surface area contributed by atoms with Crippen molar-refractivity contribution in [3.05, 3.63) is 48.0 Å². The van der Waals surface area contributed by atoms with Gasteiger partial charge in [0, 0.05) is 11.8 Å². The highest BCUT2D eigenvalue weighted by Gasteiger charge is 2.13. The Bertz CT molecular complexity index is 867. The molecular formula is C21H25N3O5. The number of hydrazone groups is 1. The average molecular weight is 399 g/mol. The maximum atomic E-state index is 12.0. The number of carbonyl (C=O) groups excluding carboxylic acids is 2. The van der Waals surface area contributed by atoms with Crippen LogP contribution in [0.4, 0.5) is 5.69 Å². The fourth-order valence-corrected chi connectivity index (χ4v) is 2.31. The lowest BCUT2D eigenvalue weighted by Crippen LogP contribution is -2.32. The number of methoxy groups -OCH3 is 1. The molecule has 0 unspecified atom stereocenters. The molecule has 0 heterocycles. The van der Waals surface area contributed by atoms with Crippen molar-refractivity contribution >= 4 is 23.7 Å². The Morgan fingerprint density at radius 2 is 1.86 bits per heavy atom. The quantitative estimate of drug-likeness (QED) is 0.384. The molecule has 0 saturated carbocycles. The van der Waals surface area contributed by atoms with Gasteiger partial charge in [-0.25, -0.2) is 5.43 Å². The van der Waals surface area contributed by atoms with Crippen LogP contribution in [0, 0.1) is 0 Å². The van der Waals surface area contributed by atoms with Gasteiger partial charge in [0.1, 0.15) is 5.75 Å². The molecule has 0 bridgehead atoms. The van der Waals surface area contributed by atoms with Gasteiger partial charge in [-0.1, -0.05) is 13.0 Å². The van der Waals surface area contributed by atoms with Crippen LogP contribution in [-0.2, 0) is 9.59 Å².